The van der Waals surface area contributed by atoms with Crippen molar-refractivity contribution in [2.45, 2.75) is 26.2 Å². The quantitative estimate of drug-likeness (QED) is 0.852. The Morgan fingerprint density at radius 2 is 1.47 bits per heavy atom. The van der Waals surface area contributed by atoms with Gasteiger partial charge < -0.3 is 5.32 Å². The molecule has 1 N–H and O–H groups in total. The number of amides is 1. The second-order valence-corrected chi connectivity index (χ2v) is 5.62. The average Bonchev–Trinajstić information content (AvgIpc) is 2.39. The van der Waals surface area contributed by atoms with Gasteiger partial charge in [0, 0.05) is 11.3 Å². The summed E-state index contributed by atoms with van der Waals surface area (Å²) in [6.07, 6.45) is 0. The predicted octanol–water partition coefficient (Wildman–Crippen LogP) is 4.24. The van der Waals surface area contributed by atoms with Crippen LogP contribution >= 0.6 is 0 Å². The molecule has 2 aromatic carbocycles. The smallest absolute Gasteiger partial charge is 0.255 e. The Kier molecular flexibility index (Phi) is 3.70. The molecule has 2 nitrogen and oxygen atoms in total. The van der Waals surface area contributed by atoms with Gasteiger partial charge in [-0.05, 0) is 29.2 Å². The minimum atomic E-state index is -0.0719. The van der Waals surface area contributed by atoms with Crippen LogP contribution in [0.3, 0.4) is 0 Å². The first-order valence-electron chi connectivity index (χ1n) is 6.44. The van der Waals surface area contributed by atoms with E-state index in [1.807, 2.05) is 48.5 Å². The fourth-order valence-corrected chi connectivity index (χ4v) is 2.03. The minimum Gasteiger partial charge on any atom is -0.322 e. The summed E-state index contributed by atoms with van der Waals surface area (Å²) in [5.41, 5.74) is 2.69. The van der Waals surface area contributed by atoms with Crippen molar-refractivity contribution in [2.75, 3.05) is 5.32 Å². The van der Waals surface area contributed by atoms with Crippen LogP contribution in [0.4, 0.5) is 5.69 Å². The van der Waals surface area contributed by atoms with Crippen molar-refractivity contribution >= 4 is 11.6 Å². The maximum Gasteiger partial charge on any atom is 0.255 e. The molecule has 0 bridgehead atoms. The Morgan fingerprint density at radius 3 is 2.11 bits per heavy atom. The van der Waals surface area contributed by atoms with Crippen molar-refractivity contribution in [3.63, 3.8) is 0 Å². The summed E-state index contributed by atoms with van der Waals surface area (Å²) in [7, 11) is 0. The number of rotatable bonds is 2. The van der Waals surface area contributed by atoms with Gasteiger partial charge in [0.1, 0.15) is 0 Å². The molecule has 0 aromatic heterocycles. The molecule has 1 amide bonds. The number of hydrogen-bond acceptors (Lipinski definition) is 1. The second-order valence-electron chi connectivity index (χ2n) is 5.62. The molecule has 0 atom stereocenters. The van der Waals surface area contributed by atoms with Gasteiger partial charge in [-0.2, -0.15) is 0 Å². The van der Waals surface area contributed by atoms with Crippen molar-refractivity contribution in [3.05, 3.63) is 65.7 Å². The lowest BCUT2D eigenvalue weighted by Gasteiger charge is -2.23. The highest BCUT2D eigenvalue weighted by Gasteiger charge is 2.18. The largest absolute Gasteiger partial charge is 0.322 e. The third kappa shape index (κ3) is 3.22. The van der Waals surface area contributed by atoms with Crippen molar-refractivity contribution in [1.82, 2.24) is 0 Å². The van der Waals surface area contributed by atoms with Crippen LogP contribution in [-0.2, 0) is 5.41 Å². The maximum absolute atomic E-state index is 12.2. The maximum atomic E-state index is 12.2. The molecule has 0 fully saturated rings. The number of nitrogens with one attached hydrogen (secondary N) is 1. The van der Waals surface area contributed by atoms with Gasteiger partial charge >= 0.3 is 0 Å². The molecule has 19 heavy (non-hydrogen) atoms. The van der Waals surface area contributed by atoms with Crippen LogP contribution in [-0.4, -0.2) is 5.91 Å². The third-order valence-electron chi connectivity index (χ3n) is 3.02. The fraction of sp³-hybridized carbons (Fsp3) is 0.235. The van der Waals surface area contributed by atoms with Crippen molar-refractivity contribution in [1.29, 1.82) is 0 Å². The lowest BCUT2D eigenvalue weighted by atomic mass is 9.86. The summed E-state index contributed by atoms with van der Waals surface area (Å²) in [6.45, 7) is 6.42. The van der Waals surface area contributed by atoms with Crippen LogP contribution in [0.1, 0.15) is 36.7 Å². The van der Waals surface area contributed by atoms with E-state index in [2.05, 4.69) is 32.2 Å². The highest BCUT2D eigenvalue weighted by atomic mass is 16.1. The monoisotopic (exact) mass is 253 g/mol. The molecule has 0 heterocycles. The zero-order valence-electron chi connectivity index (χ0n) is 11.6. The molecule has 0 unspecified atom stereocenters. The van der Waals surface area contributed by atoms with E-state index in [4.69, 9.17) is 0 Å². The fourth-order valence-electron chi connectivity index (χ4n) is 2.03. The number of benzene rings is 2. The summed E-state index contributed by atoms with van der Waals surface area (Å²) in [5, 5.41) is 2.99. The summed E-state index contributed by atoms with van der Waals surface area (Å²) in [6, 6.07) is 17.2. The zero-order valence-corrected chi connectivity index (χ0v) is 11.6. The average molecular weight is 253 g/mol. The molecular formula is C17H19NO. The molecule has 0 aliphatic carbocycles. The highest BCUT2D eigenvalue weighted by molar-refractivity contribution is 6.04. The number of carbonyl (C=O) groups excluding carboxylic acids is 1. The lowest BCUT2D eigenvalue weighted by Crippen LogP contribution is -2.18. The van der Waals surface area contributed by atoms with E-state index in [0.717, 1.165) is 11.3 Å². The van der Waals surface area contributed by atoms with Gasteiger partial charge in [-0.1, -0.05) is 57.2 Å². The predicted molar refractivity (Wildman–Crippen MR) is 79.5 cm³/mol. The summed E-state index contributed by atoms with van der Waals surface area (Å²) >= 11 is 0. The molecule has 0 saturated carbocycles. The highest BCUT2D eigenvalue weighted by Crippen LogP contribution is 2.29. The van der Waals surface area contributed by atoms with Crippen LogP contribution in [0.2, 0.25) is 0 Å². The number of carbonyl (C=O) groups is 1. The molecule has 2 heteroatoms. The van der Waals surface area contributed by atoms with Crippen LogP contribution in [0, 0.1) is 0 Å². The molecule has 0 aliphatic rings. The summed E-state index contributed by atoms with van der Waals surface area (Å²) < 4.78 is 0. The van der Waals surface area contributed by atoms with Gasteiger partial charge in [0.2, 0.25) is 0 Å². The van der Waals surface area contributed by atoms with Crippen LogP contribution < -0.4 is 5.32 Å². The van der Waals surface area contributed by atoms with E-state index in [1.165, 1.54) is 0 Å². The first-order chi connectivity index (χ1) is 8.98. The van der Waals surface area contributed by atoms with E-state index in [1.54, 1.807) is 0 Å². The first-order valence-corrected chi connectivity index (χ1v) is 6.44. The van der Waals surface area contributed by atoms with Crippen molar-refractivity contribution in [3.8, 4) is 0 Å². The molecular weight excluding hydrogens is 234 g/mol. The van der Waals surface area contributed by atoms with Crippen LogP contribution in [0.25, 0.3) is 0 Å². The normalized spacial score (nSPS) is 11.1. The third-order valence-corrected chi connectivity index (χ3v) is 3.02. The molecule has 0 spiro atoms. The van der Waals surface area contributed by atoms with Gasteiger partial charge in [0.15, 0.2) is 0 Å². The zero-order chi connectivity index (χ0) is 13.9. The number of hydrogen-bond donors (Lipinski definition) is 1. The van der Waals surface area contributed by atoms with Crippen molar-refractivity contribution in [2.24, 2.45) is 0 Å². The Morgan fingerprint density at radius 1 is 0.895 bits per heavy atom. The van der Waals surface area contributed by atoms with Gasteiger partial charge in [-0.15, -0.1) is 0 Å². The molecule has 0 radical (unpaired) electrons. The minimum absolute atomic E-state index is 0.000557. The Balaban J connectivity index is 2.28. The van der Waals surface area contributed by atoms with E-state index >= 15 is 0 Å². The van der Waals surface area contributed by atoms with E-state index < -0.39 is 0 Å². The number of anilines is 1. The second kappa shape index (κ2) is 5.27. The Bertz CT molecular complexity index is 567. The van der Waals surface area contributed by atoms with E-state index in [9.17, 15) is 4.79 Å². The Hall–Kier alpha value is -2.09. The first kappa shape index (κ1) is 13.3. The van der Waals surface area contributed by atoms with E-state index in [0.29, 0.717) is 5.56 Å². The van der Waals surface area contributed by atoms with E-state index in [-0.39, 0.29) is 11.3 Å². The van der Waals surface area contributed by atoms with Crippen molar-refractivity contribution < 1.29 is 4.79 Å². The molecule has 98 valence electrons. The number of para-hydroxylation sites is 1. The van der Waals surface area contributed by atoms with Gasteiger partial charge in [0.05, 0.1) is 0 Å². The topological polar surface area (TPSA) is 29.1 Å². The summed E-state index contributed by atoms with van der Waals surface area (Å²) in [5.74, 6) is -0.0719. The lowest BCUT2D eigenvalue weighted by molar-refractivity contribution is 0.102. The van der Waals surface area contributed by atoms with Gasteiger partial charge in [-0.25, -0.2) is 0 Å². The molecule has 2 aromatic rings. The summed E-state index contributed by atoms with van der Waals surface area (Å²) in [4.78, 5) is 12.2. The van der Waals surface area contributed by atoms with Crippen LogP contribution in [0.5, 0.6) is 0 Å². The SMILES string of the molecule is CC(C)(C)c1ccccc1NC(=O)c1ccccc1. The van der Waals surface area contributed by atoms with Gasteiger partial charge in [0.25, 0.3) is 5.91 Å². The molecule has 0 saturated heterocycles. The van der Waals surface area contributed by atoms with Gasteiger partial charge in [-0.3, -0.25) is 4.79 Å². The molecule has 0 aliphatic heterocycles. The Labute approximate surface area is 114 Å². The standard InChI is InChI=1S/C17H19NO/c1-17(2,3)14-11-7-8-12-15(14)18-16(19)13-9-5-4-6-10-13/h4-12H,1-3H3,(H,18,19). The van der Waals surface area contributed by atoms with Crippen LogP contribution in [0.15, 0.2) is 54.6 Å². The molecule has 2 rings (SSSR count).